The van der Waals surface area contributed by atoms with E-state index < -0.39 is 12.1 Å². The third kappa shape index (κ3) is 4.99. The molecule has 134 valence electrons. The predicted molar refractivity (Wildman–Crippen MR) is 83.7 cm³/mol. The number of halogens is 5. The van der Waals surface area contributed by atoms with Crippen LogP contribution in [0.15, 0.2) is 18.2 Å². The summed E-state index contributed by atoms with van der Waals surface area (Å²) >= 11 is 12.2. The van der Waals surface area contributed by atoms with Crippen LogP contribution in [0.4, 0.5) is 13.2 Å². The number of hydrogen-bond acceptors (Lipinski definition) is 3. The molecule has 0 spiro atoms. The number of ether oxygens (including phenoxy) is 1. The van der Waals surface area contributed by atoms with Crippen LogP contribution in [-0.4, -0.2) is 43.1 Å². The van der Waals surface area contributed by atoms with E-state index in [4.69, 9.17) is 37.8 Å². The molecular weight excluding hydrogens is 370 g/mol. The fraction of sp³-hybridized carbons (Fsp3) is 0.533. The SMILES string of the molecule is Clc1ccc(C2(COC3CNC3)CC2)c(Cl)c1.O=C(O)C(F)(F)F. The maximum absolute atomic E-state index is 10.6. The number of carboxylic acids is 1. The van der Waals surface area contributed by atoms with Gasteiger partial charge in [0.05, 0.1) is 12.7 Å². The van der Waals surface area contributed by atoms with Gasteiger partial charge in [0.2, 0.25) is 0 Å². The van der Waals surface area contributed by atoms with Crippen LogP contribution in [0, 0.1) is 0 Å². The highest BCUT2D eigenvalue weighted by Crippen LogP contribution is 2.51. The van der Waals surface area contributed by atoms with Crippen molar-refractivity contribution in [2.75, 3.05) is 19.7 Å². The Morgan fingerprint density at radius 3 is 2.29 bits per heavy atom. The largest absolute Gasteiger partial charge is 0.490 e. The molecule has 1 aliphatic carbocycles. The summed E-state index contributed by atoms with van der Waals surface area (Å²) < 4.78 is 37.6. The van der Waals surface area contributed by atoms with Crippen LogP contribution in [0.25, 0.3) is 0 Å². The van der Waals surface area contributed by atoms with Crippen LogP contribution in [-0.2, 0) is 14.9 Å². The zero-order valence-corrected chi connectivity index (χ0v) is 14.0. The van der Waals surface area contributed by atoms with Crippen LogP contribution in [0.5, 0.6) is 0 Å². The Kier molecular flexibility index (Phi) is 6.01. The lowest BCUT2D eigenvalue weighted by Crippen LogP contribution is -2.49. The van der Waals surface area contributed by atoms with E-state index in [1.165, 1.54) is 5.56 Å². The number of carbonyl (C=O) groups is 1. The van der Waals surface area contributed by atoms with Crippen molar-refractivity contribution >= 4 is 29.2 Å². The van der Waals surface area contributed by atoms with Crippen molar-refractivity contribution in [2.45, 2.75) is 30.5 Å². The molecule has 0 amide bonds. The fourth-order valence-corrected chi connectivity index (χ4v) is 2.83. The molecule has 1 saturated carbocycles. The summed E-state index contributed by atoms with van der Waals surface area (Å²) in [4.78, 5) is 8.90. The van der Waals surface area contributed by atoms with E-state index >= 15 is 0 Å². The van der Waals surface area contributed by atoms with Gasteiger partial charge in [-0.1, -0.05) is 29.3 Å². The number of alkyl halides is 3. The van der Waals surface area contributed by atoms with Gasteiger partial charge in [0.1, 0.15) is 0 Å². The number of hydrogen-bond donors (Lipinski definition) is 2. The van der Waals surface area contributed by atoms with Gasteiger partial charge >= 0.3 is 12.1 Å². The van der Waals surface area contributed by atoms with E-state index in [9.17, 15) is 13.2 Å². The quantitative estimate of drug-likeness (QED) is 0.830. The lowest BCUT2D eigenvalue weighted by atomic mass is 9.97. The summed E-state index contributed by atoms with van der Waals surface area (Å²) in [5.41, 5.74) is 1.34. The molecule has 0 aromatic heterocycles. The molecule has 0 bridgehead atoms. The lowest BCUT2D eigenvalue weighted by Gasteiger charge is -2.29. The lowest BCUT2D eigenvalue weighted by molar-refractivity contribution is -0.192. The van der Waals surface area contributed by atoms with Crippen molar-refractivity contribution in [3.63, 3.8) is 0 Å². The highest BCUT2D eigenvalue weighted by atomic mass is 35.5. The van der Waals surface area contributed by atoms with Gasteiger partial charge in [-0.15, -0.1) is 0 Å². The summed E-state index contributed by atoms with van der Waals surface area (Å²) in [5.74, 6) is -2.76. The van der Waals surface area contributed by atoms with Crippen molar-refractivity contribution in [3.05, 3.63) is 33.8 Å². The van der Waals surface area contributed by atoms with Crippen molar-refractivity contribution < 1.29 is 27.8 Å². The van der Waals surface area contributed by atoms with Gasteiger partial charge in [-0.25, -0.2) is 4.79 Å². The number of benzene rings is 1. The minimum absolute atomic E-state index is 0.150. The monoisotopic (exact) mass is 385 g/mol. The first kappa shape index (κ1) is 19.3. The Morgan fingerprint density at radius 2 is 1.92 bits per heavy atom. The number of carboxylic acid groups (broad SMARTS) is 1. The molecule has 0 radical (unpaired) electrons. The summed E-state index contributed by atoms with van der Waals surface area (Å²) in [5, 5.41) is 11.8. The van der Waals surface area contributed by atoms with E-state index in [-0.39, 0.29) is 5.41 Å². The standard InChI is InChI=1S/C13H15Cl2NO.C2HF3O2/c14-9-1-2-11(12(15)5-9)13(3-4-13)8-17-10-6-16-7-10;3-2(4,5)1(6)7/h1-2,5,10,16H,3-4,6-8H2;(H,6,7). The van der Waals surface area contributed by atoms with Gasteiger partial charge in [0, 0.05) is 28.5 Å². The molecule has 1 heterocycles. The molecule has 1 aliphatic heterocycles. The van der Waals surface area contributed by atoms with E-state index in [2.05, 4.69) is 5.32 Å². The Balaban J connectivity index is 0.000000256. The smallest absolute Gasteiger partial charge is 0.475 e. The number of aliphatic carboxylic acids is 1. The van der Waals surface area contributed by atoms with Gasteiger partial charge in [0.25, 0.3) is 0 Å². The molecule has 9 heteroatoms. The molecule has 4 nitrogen and oxygen atoms in total. The van der Waals surface area contributed by atoms with E-state index in [1.807, 2.05) is 18.2 Å². The second kappa shape index (κ2) is 7.47. The summed E-state index contributed by atoms with van der Waals surface area (Å²) in [7, 11) is 0. The summed E-state index contributed by atoms with van der Waals surface area (Å²) in [6, 6.07) is 5.78. The first-order valence-electron chi connectivity index (χ1n) is 7.22. The maximum atomic E-state index is 10.6. The topological polar surface area (TPSA) is 58.6 Å². The molecule has 1 aromatic rings. The molecule has 24 heavy (non-hydrogen) atoms. The zero-order chi connectivity index (χ0) is 18.0. The van der Waals surface area contributed by atoms with Gasteiger partial charge in [-0.2, -0.15) is 13.2 Å². The normalized spacial score (nSPS) is 19.0. The summed E-state index contributed by atoms with van der Waals surface area (Å²) in [6.07, 6.45) is -2.37. The number of rotatable bonds is 4. The fourth-order valence-electron chi connectivity index (χ4n) is 2.22. The average Bonchev–Trinajstić information content (AvgIpc) is 3.17. The average molecular weight is 386 g/mol. The minimum Gasteiger partial charge on any atom is -0.475 e. The van der Waals surface area contributed by atoms with Crippen molar-refractivity contribution in [3.8, 4) is 0 Å². The highest BCUT2D eigenvalue weighted by molar-refractivity contribution is 6.35. The zero-order valence-electron chi connectivity index (χ0n) is 12.5. The molecule has 0 atom stereocenters. The molecule has 2 aliphatic rings. The van der Waals surface area contributed by atoms with E-state index in [0.717, 1.165) is 37.6 Å². The van der Waals surface area contributed by atoms with Gasteiger partial charge in [0.15, 0.2) is 0 Å². The predicted octanol–water partition coefficient (Wildman–Crippen LogP) is 3.65. The first-order chi connectivity index (χ1) is 11.1. The molecular formula is C15H16Cl2F3NO3. The second-order valence-corrected chi connectivity index (χ2v) is 6.64. The Hall–Kier alpha value is -1.02. The van der Waals surface area contributed by atoms with Crippen LogP contribution in [0.2, 0.25) is 10.0 Å². The van der Waals surface area contributed by atoms with Crippen LogP contribution in [0.3, 0.4) is 0 Å². The highest BCUT2D eigenvalue weighted by Gasteiger charge is 2.46. The molecule has 3 rings (SSSR count). The van der Waals surface area contributed by atoms with E-state index in [1.54, 1.807) is 0 Å². The van der Waals surface area contributed by atoms with Gasteiger partial charge in [-0.05, 0) is 30.5 Å². The minimum atomic E-state index is -5.08. The molecule has 1 saturated heterocycles. The van der Waals surface area contributed by atoms with Crippen LogP contribution < -0.4 is 5.32 Å². The van der Waals surface area contributed by atoms with Crippen molar-refractivity contribution in [1.29, 1.82) is 0 Å². The van der Waals surface area contributed by atoms with Crippen molar-refractivity contribution in [2.24, 2.45) is 0 Å². The Labute approximate surface area is 146 Å². The molecule has 2 fully saturated rings. The van der Waals surface area contributed by atoms with Crippen LogP contribution >= 0.6 is 23.2 Å². The molecule has 1 aromatic carbocycles. The molecule has 2 N–H and O–H groups in total. The van der Waals surface area contributed by atoms with Gasteiger partial charge in [-0.3, -0.25) is 0 Å². The Bertz CT molecular complexity index is 602. The molecule has 0 unspecified atom stereocenters. The third-order valence-corrected chi connectivity index (χ3v) is 4.49. The van der Waals surface area contributed by atoms with Crippen molar-refractivity contribution in [1.82, 2.24) is 5.32 Å². The Morgan fingerprint density at radius 1 is 1.33 bits per heavy atom. The van der Waals surface area contributed by atoms with Crippen LogP contribution in [0.1, 0.15) is 18.4 Å². The maximum Gasteiger partial charge on any atom is 0.490 e. The van der Waals surface area contributed by atoms with Gasteiger partial charge < -0.3 is 15.2 Å². The first-order valence-corrected chi connectivity index (χ1v) is 7.98. The summed E-state index contributed by atoms with van der Waals surface area (Å²) in [6.45, 7) is 2.73. The number of nitrogens with one attached hydrogen (secondary N) is 1. The van der Waals surface area contributed by atoms with E-state index in [0.29, 0.717) is 11.1 Å². The third-order valence-electron chi connectivity index (χ3n) is 3.94. The second-order valence-electron chi connectivity index (χ2n) is 5.80.